The second-order valence-corrected chi connectivity index (χ2v) is 6.51. The van der Waals surface area contributed by atoms with E-state index in [1.54, 1.807) is 0 Å². The Hall–Kier alpha value is -0.160. The van der Waals surface area contributed by atoms with Crippen molar-refractivity contribution in [1.29, 1.82) is 0 Å². The number of nitrogens with two attached hydrogens (primary N) is 1. The zero-order valence-corrected chi connectivity index (χ0v) is 12.3. The van der Waals surface area contributed by atoms with Gasteiger partial charge in [0.1, 0.15) is 0 Å². The summed E-state index contributed by atoms with van der Waals surface area (Å²) >= 11 is 0. The highest BCUT2D eigenvalue weighted by Crippen LogP contribution is 2.32. The van der Waals surface area contributed by atoms with Crippen molar-refractivity contribution in [3.8, 4) is 0 Å². The summed E-state index contributed by atoms with van der Waals surface area (Å²) in [5.41, 5.74) is 5.99. The van der Waals surface area contributed by atoms with E-state index in [4.69, 9.17) is 10.5 Å². The Kier molecular flexibility index (Phi) is 4.42. The van der Waals surface area contributed by atoms with E-state index in [9.17, 15) is 0 Å². The molecule has 2 N–H and O–H groups in total. The fourth-order valence-corrected chi connectivity index (χ4v) is 3.89. The molecule has 2 aliphatic heterocycles. The predicted molar refractivity (Wildman–Crippen MR) is 77.2 cm³/mol. The molecular weight excluding hydrogens is 238 g/mol. The van der Waals surface area contributed by atoms with Crippen molar-refractivity contribution in [3.63, 3.8) is 0 Å². The summed E-state index contributed by atoms with van der Waals surface area (Å²) in [6.07, 6.45) is 6.78. The van der Waals surface area contributed by atoms with Crippen molar-refractivity contribution < 1.29 is 4.74 Å². The first-order valence-corrected chi connectivity index (χ1v) is 8.11. The van der Waals surface area contributed by atoms with Crippen LogP contribution in [0.3, 0.4) is 0 Å². The Labute approximate surface area is 117 Å². The first-order chi connectivity index (χ1) is 9.26. The molecule has 0 radical (unpaired) electrons. The maximum atomic E-state index is 5.99. The molecule has 19 heavy (non-hydrogen) atoms. The van der Waals surface area contributed by atoms with Crippen LogP contribution >= 0.6 is 0 Å². The summed E-state index contributed by atoms with van der Waals surface area (Å²) in [6, 6.07) is 2.04. The van der Waals surface area contributed by atoms with E-state index in [1.807, 2.05) is 0 Å². The largest absolute Gasteiger partial charge is 0.378 e. The molecule has 1 aliphatic carbocycles. The Morgan fingerprint density at radius 1 is 1.00 bits per heavy atom. The number of likely N-dealkylation sites (tertiary alicyclic amines) is 2. The molecule has 4 nitrogen and oxygen atoms in total. The Morgan fingerprint density at radius 3 is 2.37 bits per heavy atom. The summed E-state index contributed by atoms with van der Waals surface area (Å²) in [6.45, 7) is 7.96. The monoisotopic (exact) mass is 267 g/mol. The molecule has 3 fully saturated rings. The summed E-state index contributed by atoms with van der Waals surface area (Å²) in [5, 5.41) is 0. The normalized spacial score (nSPS) is 38.5. The van der Waals surface area contributed by atoms with Crippen LogP contribution in [0.1, 0.15) is 39.0 Å². The van der Waals surface area contributed by atoms with Crippen LogP contribution in [-0.2, 0) is 4.74 Å². The maximum absolute atomic E-state index is 5.99. The molecule has 2 heterocycles. The molecule has 3 rings (SSSR count). The SMILES string of the molecule is CCOC1CC(N2CCC(N3CCC(N)CC3)C2)C1. The van der Waals surface area contributed by atoms with E-state index in [0.717, 1.165) is 18.7 Å². The van der Waals surface area contributed by atoms with Crippen LogP contribution in [-0.4, -0.2) is 66.8 Å². The van der Waals surface area contributed by atoms with Gasteiger partial charge in [0, 0.05) is 37.8 Å². The van der Waals surface area contributed by atoms with Gasteiger partial charge in [-0.2, -0.15) is 0 Å². The van der Waals surface area contributed by atoms with Crippen LogP contribution in [0.5, 0.6) is 0 Å². The van der Waals surface area contributed by atoms with E-state index in [0.29, 0.717) is 12.1 Å². The van der Waals surface area contributed by atoms with Crippen molar-refractivity contribution in [2.24, 2.45) is 5.73 Å². The molecule has 0 spiro atoms. The fraction of sp³-hybridized carbons (Fsp3) is 1.00. The number of hydrogen-bond donors (Lipinski definition) is 1. The van der Waals surface area contributed by atoms with Gasteiger partial charge in [0.25, 0.3) is 0 Å². The molecule has 0 amide bonds. The standard InChI is InChI=1S/C15H29N3O/c1-2-19-15-9-14(10-15)18-8-5-13(11-18)17-6-3-12(16)4-7-17/h12-15H,2-11,16H2,1H3. The van der Waals surface area contributed by atoms with E-state index in [1.165, 1.54) is 58.3 Å². The van der Waals surface area contributed by atoms with Crippen LogP contribution in [0.15, 0.2) is 0 Å². The highest BCUT2D eigenvalue weighted by atomic mass is 16.5. The van der Waals surface area contributed by atoms with Gasteiger partial charge < -0.3 is 10.5 Å². The Balaban J connectivity index is 1.41. The molecule has 2 saturated heterocycles. The molecule has 0 bridgehead atoms. The van der Waals surface area contributed by atoms with Gasteiger partial charge in [-0.25, -0.2) is 0 Å². The minimum absolute atomic E-state index is 0.451. The number of hydrogen-bond acceptors (Lipinski definition) is 4. The minimum Gasteiger partial charge on any atom is -0.378 e. The van der Waals surface area contributed by atoms with Crippen LogP contribution in [0.2, 0.25) is 0 Å². The predicted octanol–water partition coefficient (Wildman–Crippen LogP) is 1.05. The average Bonchev–Trinajstić information content (AvgIpc) is 2.83. The fourth-order valence-electron chi connectivity index (χ4n) is 3.89. The number of piperidine rings is 1. The molecule has 1 unspecified atom stereocenters. The highest BCUT2D eigenvalue weighted by Gasteiger charge is 2.39. The van der Waals surface area contributed by atoms with E-state index in [-0.39, 0.29) is 0 Å². The van der Waals surface area contributed by atoms with Gasteiger partial charge in [0.2, 0.25) is 0 Å². The maximum Gasteiger partial charge on any atom is 0.0604 e. The lowest BCUT2D eigenvalue weighted by Gasteiger charge is -2.41. The number of rotatable bonds is 4. The summed E-state index contributed by atoms with van der Waals surface area (Å²) < 4.78 is 5.67. The lowest BCUT2D eigenvalue weighted by atomic mass is 9.88. The molecule has 1 saturated carbocycles. The zero-order valence-electron chi connectivity index (χ0n) is 12.3. The van der Waals surface area contributed by atoms with Crippen molar-refractivity contribution in [2.75, 3.05) is 32.8 Å². The number of nitrogens with zero attached hydrogens (tertiary/aromatic N) is 2. The highest BCUT2D eigenvalue weighted by molar-refractivity contribution is 4.94. The second-order valence-electron chi connectivity index (χ2n) is 6.51. The molecule has 0 aromatic carbocycles. The first kappa shape index (κ1) is 13.8. The summed E-state index contributed by atoms with van der Waals surface area (Å²) in [5.74, 6) is 0. The molecule has 4 heteroatoms. The van der Waals surface area contributed by atoms with Crippen LogP contribution in [0.25, 0.3) is 0 Å². The molecule has 110 valence electrons. The topological polar surface area (TPSA) is 41.7 Å². The third-order valence-electron chi connectivity index (χ3n) is 5.27. The zero-order chi connectivity index (χ0) is 13.2. The second kappa shape index (κ2) is 6.08. The smallest absolute Gasteiger partial charge is 0.0604 e. The summed E-state index contributed by atoms with van der Waals surface area (Å²) in [7, 11) is 0. The average molecular weight is 267 g/mol. The van der Waals surface area contributed by atoms with Gasteiger partial charge in [-0.15, -0.1) is 0 Å². The van der Waals surface area contributed by atoms with Crippen molar-refractivity contribution >= 4 is 0 Å². The van der Waals surface area contributed by atoms with Gasteiger partial charge in [0.05, 0.1) is 6.10 Å². The van der Waals surface area contributed by atoms with Crippen LogP contribution in [0, 0.1) is 0 Å². The number of ether oxygens (including phenoxy) is 1. The Bertz CT molecular complexity index is 285. The molecule has 3 aliphatic rings. The van der Waals surface area contributed by atoms with E-state index < -0.39 is 0 Å². The van der Waals surface area contributed by atoms with Crippen molar-refractivity contribution in [1.82, 2.24) is 9.80 Å². The first-order valence-electron chi connectivity index (χ1n) is 8.11. The molecule has 0 aromatic heterocycles. The third-order valence-corrected chi connectivity index (χ3v) is 5.27. The summed E-state index contributed by atoms with van der Waals surface area (Å²) in [4.78, 5) is 5.39. The lowest BCUT2D eigenvalue weighted by molar-refractivity contribution is -0.0423. The third kappa shape index (κ3) is 3.13. The van der Waals surface area contributed by atoms with Gasteiger partial charge in [-0.05, 0) is 52.1 Å². The quantitative estimate of drug-likeness (QED) is 0.827. The van der Waals surface area contributed by atoms with Gasteiger partial charge >= 0.3 is 0 Å². The van der Waals surface area contributed by atoms with Gasteiger partial charge in [-0.3, -0.25) is 9.80 Å². The molecule has 1 atom stereocenters. The van der Waals surface area contributed by atoms with Crippen LogP contribution in [0.4, 0.5) is 0 Å². The van der Waals surface area contributed by atoms with Crippen molar-refractivity contribution in [2.45, 2.75) is 63.3 Å². The lowest BCUT2D eigenvalue weighted by Crippen LogP contribution is -2.50. The van der Waals surface area contributed by atoms with Gasteiger partial charge in [-0.1, -0.05) is 0 Å². The van der Waals surface area contributed by atoms with E-state index in [2.05, 4.69) is 16.7 Å². The van der Waals surface area contributed by atoms with Crippen LogP contribution < -0.4 is 5.73 Å². The minimum atomic E-state index is 0.451. The van der Waals surface area contributed by atoms with Crippen molar-refractivity contribution in [3.05, 3.63) is 0 Å². The Morgan fingerprint density at radius 2 is 1.68 bits per heavy atom. The molecule has 0 aromatic rings. The van der Waals surface area contributed by atoms with E-state index >= 15 is 0 Å². The molecular formula is C15H29N3O. The van der Waals surface area contributed by atoms with Gasteiger partial charge in [0.15, 0.2) is 0 Å².